The van der Waals surface area contributed by atoms with Crippen LogP contribution in [0, 0.1) is 18.7 Å². The van der Waals surface area contributed by atoms with Crippen molar-refractivity contribution in [2.75, 3.05) is 31.5 Å². The number of rotatable bonds is 5. The second-order valence-electron chi connectivity index (χ2n) is 9.11. The number of aromatic amines is 1. The molecular weight excluding hydrogens is 459 g/mol. The molecule has 8 nitrogen and oxygen atoms in total. The van der Waals surface area contributed by atoms with E-state index in [0.717, 1.165) is 25.7 Å². The Morgan fingerprint density at radius 3 is 2.50 bits per heavy atom. The van der Waals surface area contributed by atoms with Gasteiger partial charge in [-0.3, -0.25) is 9.59 Å². The summed E-state index contributed by atoms with van der Waals surface area (Å²) < 4.78 is 41.6. The van der Waals surface area contributed by atoms with Gasteiger partial charge < -0.3 is 15.2 Å². The molecule has 2 N–H and O–H groups in total. The zero-order chi connectivity index (χ0) is 24.3. The first-order valence-corrected chi connectivity index (χ1v) is 13.2. The van der Waals surface area contributed by atoms with E-state index in [-0.39, 0.29) is 28.9 Å². The standard InChI is InChI=1S/C24H31FN4O4S/c1-17-8-9-19(13-21(17)25)27-23(30)18-7-6-12-29(16-18)34(32,33)20-14-22(26-15-20)24(31)28-10-4-2-3-5-11-28/h8-9,13-15,18,26H,2-7,10-12,16H2,1H3,(H,27,30)/t18-/m1/s1. The number of piperidine rings is 1. The predicted octanol–water partition coefficient (Wildman–Crippen LogP) is 3.52. The summed E-state index contributed by atoms with van der Waals surface area (Å²) in [6.45, 7) is 3.31. The van der Waals surface area contributed by atoms with Crippen molar-refractivity contribution in [2.24, 2.45) is 5.92 Å². The van der Waals surface area contributed by atoms with Crippen LogP contribution in [0.25, 0.3) is 0 Å². The maximum absolute atomic E-state index is 13.8. The van der Waals surface area contributed by atoms with Gasteiger partial charge in [-0.2, -0.15) is 4.31 Å². The first-order chi connectivity index (χ1) is 16.3. The fourth-order valence-corrected chi connectivity index (χ4v) is 6.05. The third kappa shape index (κ3) is 5.33. The second kappa shape index (κ2) is 10.3. The van der Waals surface area contributed by atoms with Gasteiger partial charge in [0, 0.05) is 38.1 Å². The topological polar surface area (TPSA) is 103 Å². The summed E-state index contributed by atoms with van der Waals surface area (Å²) in [6, 6.07) is 5.85. The highest BCUT2D eigenvalue weighted by Crippen LogP contribution is 2.26. The minimum Gasteiger partial charge on any atom is -0.356 e. The molecule has 2 aliphatic rings. The van der Waals surface area contributed by atoms with E-state index in [2.05, 4.69) is 10.3 Å². The number of H-pyrrole nitrogens is 1. The first-order valence-electron chi connectivity index (χ1n) is 11.8. The van der Waals surface area contributed by atoms with Gasteiger partial charge in [0.15, 0.2) is 0 Å². The van der Waals surface area contributed by atoms with E-state index in [4.69, 9.17) is 0 Å². The molecule has 0 saturated carbocycles. The zero-order valence-electron chi connectivity index (χ0n) is 19.3. The van der Waals surface area contributed by atoms with Crippen LogP contribution in [-0.4, -0.2) is 60.6 Å². The van der Waals surface area contributed by atoms with E-state index in [9.17, 15) is 22.4 Å². The summed E-state index contributed by atoms with van der Waals surface area (Å²) in [7, 11) is -3.87. The van der Waals surface area contributed by atoms with Crippen LogP contribution in [0.4, 0.5) is 10.1 Å². The van der Waals surface area contributed by atoms with Crippen LogP contribution in [0.15, 0.2) is 35.4 Å². The number of hydrogen-bond donors (Lipinski definition) is 2. The molecule has 0 aliphatic carbocycles. The molecule has 0 spiro atoms. The molecule has 3 heterocycles. The summed E-state index contributed by atoms with van der Waals surface area (Å²) in [5.41, 5.74) is 1.08. The van der Waals surface area contributed by atoms with Gasteiger partial charge in [0.2, 0.25) is 15.9 Å². The van der Waals surface area contributed by atoms with Gasteiger partial charge in [-0.1, -0.05) is 18.9 Å². The van der Waals surface area contributed by atoms with E-state index in [1.54, 1.807) is 24.0 Å². The molecule has 10 heteroatoms. The molecule has 1 aromatic carbocycles. The molecule has 2 fully saturated rings. The number of sulfonamides is 1. The van der Waals surface area contributed by atoms with Crippen LogP contribution in [0.1, 0.15) is 54.6 Å². The molecule has 4 rings (SSSR count). The number of likely N-dealkylation sites (tertiary alicyclic amines) is 1. The maximum atomic E-state index is 13.8. The fourth-order valence-electron chi connectivity index (χ4n) is 4.53. The summed E-state index contributed by atoms with van der Waals surface area (Å²) in [5, 5.41) is 2.70. The average molecular weight is 491 g/mol. The number of carbonyl (C=O) groups excluding carboxylic acids is 2. The lowest BCUT2D eigenvalue weighted by atomic mass is 9.98. The number of nitrogens with one attached hydrogen (secondary N) is 2. The van der Waals surface area contributed by atoms with Gasteiger partial charge in [0.25, 0.3) is 5.91 Å². The Kier molecular flexibility index (Phi) is 7.37. The minimum absolute atomic E-state index is 0.0207. The molecule has 1 atom stereocenters. The van der Waals surface area contributed by atoms with Gasteiger partial charge in [0.1, 0.15) is 16.4 Å². The number of nitrogens with zero attached hydrogens (tertiary/aromatic N) is 2. The van der Waals surface area contributed by atoms with E-state index in [0.29, 0.717) is 43.7 Å². The molecule has 0 unspecified atom stereocenters. The number of amides is 2. The molecule has 0 bridgehead atoms. The van der Waals surface area contributed by atoms with Crippen molar-refractivity contribution in [3.05, 3.63) is 47.5 Å². The van der Waals surface area contributed by atoms with Crippen molar-refractivity contribution < 1.29 is 22.4 Å². The Morgan fingerprint density at radius 1 is 1.06 bits per heavy atom. The van der Waals surface area contributed by atoms with Crippen LogP contribution in [0.3, 0.4) is 0 Å². The summed E-state index contributed by atoms with van der Waals surface area (Å²) in [6.07, 6.45) is 6.50. The smallest absolute Gasteiger partial charge is 0.270 e. The minimum atomic E-state index is -3.87. The molecule has 1 aromatic heterocycles. The molecule has 2 aliphatic heterocycles. The van der Waals surface area contributed by atoms with Gasteiger partial charge in [-0.15, -0.1) is 0 Å². The second-order valence-corrected chi connectivity index (χ2v) is 11.0. The zero-order valence-corrected chi connectivity index (χ0v) is 20.2. The van der Waals surface area contributed by atoms with Crippen molar-refractivity contribution in [2.45, 2.75) is 50.3 Å². The number of aromatic nitrogens is 1. The molecule has 2 amide bonds. The first kappa shape index (κ1) is 24.4. The Bertz CT molecular complexity index is 1160. The van der Waals surface area contributed by atoms with Crippen LogP contribution in [0.2, 0.25) is 0 Å². The van der Waals surface area contributed by atoms with Crippen molar-refractivity contribution in [1.29, 1.82) is 0 Å². The van der Waals surface area contributed by atoms with E-state index < -0.39 is 21.8 Å². The van der Waals surface area contributed by atoms with Crippen LogP contribution < -0.4 is 5.32 Å². The van der Waals surface area contributed by atoms with E-state index >= 15 is 0 Å². The van der Waals surface area contributed by atoms with Gasteiger partial charge in [-0.25, -0.2) is 12.8 Å². The Labute approximate surface area is 199 Å². The Morgan fingerprint density at radius 2 is 1.79 bits per heavy atom. The summed E-state index contributed by atoms with van der Waals surface area (Å²) >= 11 is 0. The predicted molar refractivity (Wildman–Crippen MR) is 126 cm³/mol. The number of anilines is 1. The highest BCUT2D eigenvalue weighted by atomic mass is 32.2. The van der Waals surface area contributed by atoms with Crippen LogP contribution in [0.5, 0.6) is 0 Å². The van der Waals surface area contributed by atoms with Crippen LogP contribution in [-0.2, 0) is 14.8 Å². The number of carbonyl (C=O) groups is 2. The van der Waals surface area contributed by atoms with Crippen molar-refractivity contribution in [1.82, 2.24) is 14.2 Å². The van der Waals surface area contributed by atoms with Crippen LogP contribution >= 0.6 is 0 Å². The quantitative estimate of drug-likeness (QED) is 0.669. The van der Waals surface area contributed by atoms with Gasteiger partial charge >= 0.3 is 0 Å². The number of aryl methyl sites for hydroxylation is 1. The van der Waals surface area contributed by atoms with E-state index in [1.165, 1.54) is 22.6 Å². The highest BCUT2D eigenvalue weighted by Gasteiger charge is 2.34. The summed E-state index contributed by atoms with van der Waals surface area (Å²) in [4.78, 5) is 30.2. The molecule has 2 saturated heterocycles. The third-order valence-corrected chi connectivity index (χ3v) is 8.46. The average Bonchev–Trinajstić information content (AvgIpc) is 3.18. The molecule has 34 heavy (non-hydrogen) atoms. The number of benzene rings is 1. The molecular formula is C24H31FN4O4S. The van der Waals surface area contributed by atoms with Gasteiger partial charge in [0.05, 0.1) is 5.92 Å². The summed E-state index contributed by atoms with van der Waals surface area (Å²) in [5.74, 6) is -1.49. The lowest BCUT2D eigenvalue weighted by Gasteiger charge is -2.31. The lowest BCUT2D eigenvalue weighted by molar-refractivity contribution is -0.120. The van der Waals surface area contributed by atoms with Crippen molar-refractivity contribution in [3.63, 3.8) is 0 Å². The van der Waals surface area contributed by atoms with Crippen molar-refractivity contribution >= 4 is 27.5 Å². The largest absolute Gasteiger partial charge is 0.356 e. The Balaban J connectivity index is 1.43. The van der Waals surface area contributed by atoms with E-state index in [1.807, 2.05) is 0 Å². The molecule has 2 aromatic rings. The van der Waals surface area contributed by atoms with Gasteiger partial charge in [-0.05, 0) is 56.4 Å². The normalized spacial score (nSPS) is 20.1. The molecule has 0 radical (unpaired) electrons. The highest BCUT2D eigenvalue weighted by molar-refractivity contribution is 7.89. The SMILES string of the molecule is Cc1ccc(NC(=O)[C@@H]2CCCN(S(=O)(=O)c3c[nH]c(C(=O)N4CCCCCC4)c3)C2)cc1F. The maximum Gasteiger partial charge on any atom is 0.270 e. The fraction of sp³-hybridized carbons (Fsp3) is 0.500. The number of halogens is 1. The lowest BCUT2D eigenvalue weighted by Crippen LogP contribution is -2.43. The monoisotopic (exact) mass is 490 g/mol. The molecule has 184 valence electrons. The number of hydrogen-bond acceptors (Lipinski definition) is 4. The Hall–Kier alpha value is -2.72. The third-order valence-electron chi connectivity index (χ3n) is 6.61. The van der Waals surface area contributed by atoms with Crippen molar-refractivity contribution in [3.8, 4) is 0 Å².